The second-order valence-electron chi connectivity index (χ2n) is 5.43. The lowest BCUT2D eigenvalue weighted by Gasteiger charge is -2.25. The second kappa shape index (κ2) is 6.87. The molecule has 0 saturated carbocycles. The Labute approximate surface area is 129 Å². The van der Waals surface area contributed by atoms with E-state index in [0.717, 1.165) is 0 Å². The van der Waals surface area contributed by atoms with Crippen LogP contribution in [0.4, 0.5) is 0 Å². The molecule has 0 bridgehead atoms. The Morgan fingerprint density at radius 3 is 1.86 bits per heavy atom. The zero-order chi connectivity index (χ0) is 14.5. The third kappa shape index (κ3) is 3.34. The Balaban J connectivity index is 2.00. The molecule has 0 radical (unpaired) electrons. The molecule has 1 aliphatic rings. The van der Waals surface area contributed by atoms with Crippen molar-refractivity contribution in [3.63, 3.8) is 0 Å². The van der Waals surface area contributed by atoms with E-state index in [1.54, 1.807) is 0 Å². The van der Waals surface area contributed by atoms with Gasteiger partial charge in [-0.15, -0.1) is 0 Å². The molecule has 0 unspecified atom stereocenters. The van der Waals surface area contributed by atoms with Gasteiger partial charge in [-0.2, -0.15) is 0 Å². The predicted molar refractivity (Wildman–Crippen MR) is 94.8 cm³/mol. The van der Waals surface area contributed by atoms with E-state index >= 15 is 0 Å². The molecule has 106 valence electrons. The second-order valence-corrected chi connectivity index (χ2v) is 7.67. The molecular weight excluding hydrogens is 271 g/mol. The highest BCUT2D eigenvalue weighted by Crippen LogP contribution is 2.47. The molecule has 0 aromatic heterocycles. The van der Waals surface area contributed by atoms with Crippen molar-refractivity contribution in [3.8, 4) is 0 Å². The third-order valence-electron chi connectivity index (χ3n) is 3.96. The predicted octanol–water partition coefficient (Wildman–Crippen LogP) is 5.13. The first kappa shape index (κ1) is 14.3. The molecule has 2 aromatic carbocycles. The highest BCUT2D eigenvalue weighted by molar-refractivity contribution is 7.77. The van der Waals surface area contributed by atoms with Crippen molar-refractivity contribution < 1.29 is 0 Å². The largest absolute Gasteiger partial charge is 0.0904 e. The van der Waals surface area contributed by atoms with Crippen LogP contribution in [0.3, 0.4) is 0 Å². The van der Waals surface area contributed by atoms with Crippen LogP contribution in [-0.4, -0.2) is 0 Å². The minimum absolute atomic E-state index is 0.498. The highest BCUT2D eigenvalue weighted by atomic mass is 31.1. The van der Waals surface area contributed by atoms with E-state index in [1.165, 1.54) is 47.2 Å². The van der Waals surface area contributed by atoms with Gasteiger partial charge in [-0.3, -0.25) is 0 Å². The summed E-state index contributed by atoms with van der Waals surface area (Å²) in [5.74, 6) is 0. The topological polar surface area (TPSA) is 0 Å². The lowest BCUT2D eigenvalue weighted by atomic mass is 10.00. The van der Waals surface area contributed by atoms with Crippen molar-refractivity contribution in [1.29, 1.82) is 0 Å². The van der Waals surface area contributed by atoms with Crippen molar-refractivity contribution in [2.24, 2.45) is 0 Å². The Bertz CT molecular complexity index is 586. The molecule has 2 aromatic rings. The molecule has 0 aliphatic heterocycles. The molecule has 0 saturated heterocycles. The van der Waals surface area contributed by atoms with E-state index in [9.17, 15) is 0 Å². The van der Waals surface area contributed by atoms with Gasteiger partial charge in [0.2, 0.25) is 0 Å². The highest BCUT2D eigenvalue weighted by Gasteiger charge is 2.20. The zero-order valence-corrected chi connectivity index (χ0v) is 13.2. The monoisotopic (exact) mass is 292 g/mol. The molecule has 3 rings (SSSR count). The maximum absolute atomic E-state index is 4.49. The molecule has 0 amide bonds. The Morgan fingerprint density at radius 2 is 1.38 bits per heavy atom. The first-order valence-electron chi connectivity index (χ1n) is 7.65. The Kier molecular flexibility index (Phi) is 4.68. The summed E-state index contributed by atoms with van der Waals surface area (Å²) in [6.07, 6.45) is 7.44. The zero-order valence-electron chi connectivity index (χ0n) is 12.3. The van der Waals surface area contributed by atoms with Gasteiger partial charge >= 0.3 is 0 Å². The molecule has 0 heterocycles. The summed E-state index contributed by atoms with van der Waals surface area (Å²) in [6.45, 7) is 4.49. The van der Waals surface area contributed by atoms with Gasteiger partial charge in [-0.25, -0.2) is 0 Å². The van der Waals surface area contributed by atoms with Gasteiger partial charge in [-0.1, -0.05) is 73.3 Å². The van der Waals surface area contributed by atoms with Gasteiger partial charge in [0.25, 0.3) is 0 Å². The average molecular weight is 292 g/mol. The van der Waals surface area contributed by atoms with E-state index in [0.29, 0.717) is 0 Å². The fourth-order valence-corrected chi connectivity index (χ4v) is 5.21. The quantitative estimate of drug-likeness (QED) is 0.685. The van der Waals surface area contributed by atoms with Gasteiger partial charge in [-0.05, 0) is 55.1 Å². The standard InChI is InChI=1S/C20H21P/c1-17(18-11-5-2-6-12-18)21(19-13-7-3-8-14-19)20-15-9-4-10-16-20/h3-4,7-11,13-16H,1-2,5-6,12H2. The van der Waals surface area contributed by atoms with Crippen LogP contribution in [-0.2, 0) is 0 Å². The minimum atomic E-state index is -0.498. The van der Waals surface area contributed by atoms with Crippen LogP contribution in [0.1, 0.15) is 25.7 Å². The molecule has 1 aliphatic carbocycles. The summed E-state index contributed by atoms with van der Waals surface area (Å²) in [7, 11) is -0.498. The van der Waals surface area contributed by atoms with E-state index in [-0.39, 0.29) is 0 Å². The fraction of sp³-hybridized carbons (Fsp3) is 0.200. The lowest BCUT2D eigenvalue weighted by molar-refractivity contribution is 0.710. The van der Waals surface area contributed by atoms with E-state index in [2.05, 4.69) is 73.3 Å². The van der Waals surface area contributed by atoms with Gasteiger partial charge < -0.3 is 0 Å². The van der Waals surface area contributed by atoms with Gasteiger partial charge in [0.05, 0.1) is 0 Å². The fourth-order valence-electron chi connectivity index (χ4n) is 2.86. The molecular formula is C20H21P. The van der Waals surface area contributed by atoms with E-state index in [1.807, 2.05) is 0 Å². The number of hydrogen-bond donors (Lipinski definition) is 0. The average Bonchev–Trinajstić information content (AvgIpc) is 2.58. The molecule has 0 nitrogen and oxygen atoms in total. The third-order valence-corrected chi connectivity index (χ3v) is 6.42. The van der Waals surface area contributed by atoms with Crippen LogP contribution in [0, 0.1) is 0 Å². The lowest BCUT2D eigenvalue weighted by Crippen LogP contribution is -2.13. The first-order chi connectivity index (χ1) is 10.4. The molecule has 1 heteroatoms. The van der Waals surface area contributed by atoms with Crippen molar-refractivity contribution in [2.45, 2.75) is 25.7 Å². The number of benzene rings is 2. The SMILES string of the molecule is C=C(C1=CCCCC1)P(c1ccccc1)c1ccccc1. The molecule has 0 spiro atoms. The summed E-state index contributed by atoms with van der Waals surface area (Å²) < 4.78 is 0. The first-order valence-corrected chi connectivity index (χ1v) is 8.99. The minimum Gasteiger partial charge on any atom is -0.0904 e. The summed E-state index contributed by atoms with van der Waals surface area (Å²) >= 11 is 0. The maximum Gasteiger partial charge on any atom is -0.0138 e. The summed E-state index contributed by atoms with van der Waals surface area (Å²) in [5, 5.41) is 4.13. The van der Waals surface area contributed by atoms with Crippen molar-refractivity contribution in [2.75, 3.05) is 0 Å². The van der Waals surface area contributed by atoms with Gasteiger partial charge in [0, 0.05) is 0 Å². The Morgan fingerprint density at radius 1 is 0.810 bits per heavy atom. The van der Waals surface area contributed by atoms with Crippen molar-refractivity contribution >= 4 is 18.5 Å². The smallest absolute Gasteiger partial charge is 0.0138 e. The molecule has 0 N–H and O–H groups in total. The van der Waals surface area contributed by atoms with Crippen LogP contribution in [0.25, 0.3) is 0 Å². The van der Waals surface area contributed by atoms with E-state index < -0.39 is 7.92 Å². The maximum atomic E-state index is 4.49. The normalized spacial score (nSPS) is 14.8. The summed E-state index contributed by atoms with van der Waals surface area (Å²) in [4.78, 5) is 0. The van der Waals surface area contributed by atoms with Crippen LogP contribution < -0.4 is 10.6 Å². The summed E-state index contributed by atoms with van der Waals surface area (Å²) in [6, 6.07) is 21.7. The van der Waals surface area contributed by atoms with Gasteiger partial charge in [0.1, 0.15) is 0 Å². The van der Waals surface area contributed by atoms with Crippen molar-refractivity contribution in [3.05, 3.63) is 84.2 Å². The Hall–Kier alpha value is -1.65. The molecule has 21 heavy (non-hydrogen) atoms. The van der Waals surface area contributed by atoms with Crippen LogP contribution in [0.15, 0.2) is 84.2 Å². The summed E-state index contributed by atoms with van der Waals surface area (Å²) in [5.41, 5.74) is 1.49. The molecule has 0 atom stereocenters. The van der Waals surface area contributed by atoms with Crippen LogP contribution in [0.5, 0.6) is 0 Å². The number of hydrogen-bond acceptors (Lipinski definition) is 0. The van der Waals surface area contributed by atoms with E-state index in [4.69, 9.17) is 0 Å². The number of allylic oxidation sites excluding steroid dienone is 3. The van der Waals surface area contributed by atoms with Gasteiger partial charge in [0.15, 0.2) is 0 Å². The van der Waals surface area contributed by atoms with Crippen molar-refractivity contribution in [1.82, 2.24) is 0 Å². The van der Waals surface area contributed by atoms with Crippen LogP contribution in [0.2, 0.25) is 0 Å². The number of rotatable bonds is 4. The molecule has 0 fully saturated rings. The van der Waals surface area contributed by atoms with Crippen LogP contribution >= 0.6 is 7.92 Å².